The lowest BCUT2D eigenvalue weighted by Gasteiger charge is -2.21. The summed E-state index contributed by atoms with van der Waals surface area (Å²) < 4.78 is 26.2. The Bertz CT molecular complexity index is 693. The topological polar surface area (TPSA) is 65.5 Å². The summed E-state index contributed by atoms with van der Waals surface area (Å²) in [5.41, 5.74) is 0.896. The van der Waals surface area contributed by atoms with E-state index in [1.807, 2.05) is 0 Å². The van der Waals surface area contributed by atoms with E-state index >= 15 is 0 Å². The van der Waals surface area contributed by atoms with Gasteiger partial charge in [0.15, 0.2) is 16.8 Å². The molecule has 1 amide bonds. The molecule has 0 aliphatic carbocycles. The lowest BCUT2D eigenvalue weighted by atomic mass is 10.2. The highest BCUT2D eigenvalue weighted by Gasteiger charge is 2.14. The van der Waals surface area contributed by atoms with E-state index in [1.165, 1.54) is 17.4 Å². The van der Waals surface area contributed by atoms with Crippen LogP contribution >= 0.6 is 11.3 Å². The zero-order valence-electron chi connectivity index (χ0n) is 12.7. The van der Waals surface area contributed by atoms with E-state index in [2.05, 4.69) is 10.3 Å². The minimum Gasteiger partial charge on any atom is -0.395 e. The van der Waals surface area contributed by atoms with Crippen molar-refractivity contribution in [1.29, 1.82) is 0 Å². The van der Waals surface area contributed by atoms with Crippen molar-refractivity contribution in [3.05, 3.63) is 35.2 Å². The van der Waals surface area contributed by atoms with Gasteiger partial charge in [-0.3, -0.25) is 9.69 Å². The van der Waals surface area contributed by atoms with E-state index in [0.29, 0.717) is 16.4 Å². The number of nitrogens with one attached hydrogen (secondary N) is 1. The van der Waals surface area contributed by atoms with E-state index in [4.69, 9.17) is 5.11 Å². The fourth-order valence-electron chi connectivity index (χ4n) is 1.80. The Morgan fingerprint density at radius 2 is 2.17 bits per heavy atom. The van der Waals surface area contributed by atoms with Crippen molar-refractivity contribution in [3.8, 4) is 11.3 Å². The van der Waals surface area contributed by atoms with Gasteiger partial charge in [-0.15, -0.1) is 11.3 Å². The molecule has 0 spiro atoms. The van der Waals surface area contributed by atoms with Crippen molar-refractivity contribution >= 4 is 22.4 Å². The first kappa shape index (κ1) is 17.5. The first-order chi connectivity index (χ1) is 10.9. The van der Waals surface area contributed by atoms with Crippen LogP contribution in [0.3, 0.4) is 0 Å². The smallest absolute Gasteiger partial charge is 0.240 e. The van der Waals surface area contributed by atoms with Gasteiger partial charge in [0.05, 0.1) is 18.8 Å². The Morgan fingerprint density at radius 1 is 1.43 bits per heavy atom. The number of rotatable bonds is 6. The minimum absolute atomic E-state index is 0.0404. The van der Waals surface area contributed by atoms with Crippen LogP contribution in [-0.2, 0) is 4.79 Å². The maximum atomic E-state index is 13.2. The number of nitrogens with zero attached hydrogens (tertiary/aromatic N) is 2. The molecule has 0 saturated carbocycles. The van der Waals surface area contributed by atoms with Crippen molar-refractivity contribution in [1.82, 2.24) is 9.88 Å². The first-order valence-corrected chi connectivity index (χ1v) is 7.80. The SMILES string of the molecule is CC(CO)N(C)CC(=O)Nc1nc(-c2ccc(F)c(F)c2)cs1. The van der Waals surface area contributed by atoms with Crippen LogP contribution in [0.5, 0.6) is 0 Å². The van der Waals surface area contributed by atoms with Crippen molar-refractivity contribution in [3.63, 3.8) is 0 Å². The average molecular weight is 341 g/mol. The van der Waals surface area contributed by atoms with Crippen LogP contribution in [0.15, 0.2) is 23.6 Å². The maximum Gasteiger partial charge on any atom is 0.240 e. The maximum absolute atomic E-state index is 13.2. The third-order valence-electron chi connectivity index (χ3n) is 3.38. The Labute approximate surface area is 136 Å². The van der Waals surface area contributed by atoms with E-state index in [0.717, 1.165) is 12.1 Å². The minimum atomic E-state index is -0.944. The summed E-state index contributed by atoms with van der Waals surface area (Å²) in [6.07, 6.45) is 0. The number of aliphatic hydroxyl groups is 1. The Kier molecular flexibility index (Phi) is 5.75. The van der Waals surface area contributed by atoms with Crippen molar-refractivity contribution in [2.75, 3.05) is 25.5 Å². The predicted molar refractivity (Wildman–Crippen MR) is 85.3 cm³/mol. The fourth-order valence-corrected chi connectivity index (χ4v) is 2.54. The molecule has 0 fully saturated rings. The van der Waals surface area contributed by atoms with Gasteiger partial charge in [0.2, 0.25) is 5.91 Å². The monoisotopic (exact) mass is 341 g/mol. The summed E-state index contributed by atoms with van der Waals surface area (Å²) in [5.74, 6) is -2.13. The number of amides is 1. The fraction of sp³-hybridized carbons (Fsp3) is 0.333. The average Bonchev–Trinajstić information content (AvgIpc) is 2.97. The van der Waals surface area contributed by atoms with Crippen LogP contribution < -0.4 is 5.32 Å². The van der Waals surface area contributed by atoms with Crippen LogP contribution in [0.25, 0.3) is 11.3 Å². The molecule has 0 aliphatic heterocycles. The number of carbonyl (C=O) groups excluding carboxylic acids is 1. The number of benzene rings is 1. The van der Waals surface area contributed by atoms with E-state index in [-0.39, 0.29) is 25.1 Å². The van der Waals surface area contributed by atoms with Gasteiger partial charge in [-0.25, -0.2) is 13.8 Å². The van der Waals surface area contributed by atoms with E-state index in [1.54, 1.807) is 24.3 Å². The second kappa shape index (κ2) is 7.58. The molecule has 2 aromatic rings. The highest BCUT2D eigenvalue weighted by molar-refractivity contribution is 7.14. The molecule has 124 valence electrons. The second-order valence-corrected chi connectivity index (χ2v) is 6.02. The molecule has 1 unspecified atom stereocenters. The zero-order chi connectivity index (χ0) is 17.0. The first-order valence-electron chi connectivity index (χ1n) is 6.92. The molecular weight excluding hydrogens is 324 g/mol. The van der Waals surface area contributed by atoms with Crippen molar-refractivity contribution < 1.29 is 18.7 Å². The van der Waals surface area contributed by atoms with Gasteiger partial charge in [0, 0.05) is 17.0 Å². The van der Waals surface area contributed by atoms with Crippen LogP contribution in [0.2, 0.25) is 0 Å². The van der Waals surface area contributed by atoms with Crippen LogP contribution in [0.1, 0.15) is 6.92 Å². The van der Waals surface area contributed by atoms with Crippen molar-refractivity contribution in [2.24, 2.45) is 0 Å². The lowest BCUT2D eigenvalue weighted by Crippen LogP contribution is -2.38. The van der Waals surface area contributed by atoms with Gasteiger partial charge in [-0.05, 0) is 32.2 Å². The van der Waals surface area contributed by atoms with Gasteiger partial charge >= 0.3 is 0 Å². The normalized spacial score (nSPS) is 12.4. The summed E-state index contributed by atoms with van der Waals surface area (Å²) in [6.45, 7) is 1.88. The van der Waals surface area contributed by atoms with E-state index < -0.39 is 11.6 Å². The molecule has 0 aliphatic rings. The molecule has 8 heteroatoms. The molecule has 0 bridgehead atoms. The number of halogens is 2. The third-order valence-corrected chi connectivity index (χ3v) is 4.13. The highest BCUT2D eigenvalue weighted by atomic mass is 32.1. The molecule has 1 heterocycles. The van der Waals surface area contributed by atoms with Crippen LogP contribution in [-0.4, -0.2) is 47.1 Å². The quantitative estimate of drug-likeness (QED) is 0.846. The number of likely N-dealkylation sites (N-methyl/N-ethyl adjacent to an activating group) is 1. The van der Waals surface area contributed by atoms with Crippen LogP contribution in [0.4, 0.5) is 13.9 Å². The summed E-state index contributed by atoms with van der Waals surface area (Å²) in [4.78, 5) is 17.8. The lowest BCUT2D eigenvalue weighted by molar-refractivity contribution is -0.117. The molecular formula is C15H17F2N3O2S. The highest BCUT2D eigenvalue weighted by Crippen LogP contribution is 2.26. The molecule has 2 N–H and O–H groups in total. The third kappa shape index (κ3) is 4.54. The van der Waals surface area contributed by atoms with Gasteiger partial charge < -0.3 is 10.4 Å². The number of carbonyl (C=O) groups is 1. The zero-order valence-corrected chi connectivity index (χ0v) is 13.5. The number of anilines is 1. The predicted octanol–water partition coefficient (Wildman–Crippen LogP) is 2.34. The van der Waals surface area contributed by atoms with Crippen molar-refractivity contribution in [2.45, 2.75) is 13.0 Å². The number of hydrogen-bond donors (Lipinski definition) is 2. The Morgan fingerprint density at radius 3 is 2.83 bits per heavy atom. The summed E-state index contributed by atoms with van der Waals surface area (Å²) in [5, 5.41) is 13.7. The van der Waals surface area contributed by atoms with E-state index in [9.17, 15) is 13.6 Å². The molecule has 1 aromatic heterocycles. The summed E-state index contributed by atoms with van der Waals surface area (Å²) in [7, 11) is 1.73. The van der Waals surface area contributed by atoms with Gasteiger partial charge in [-0.2, -0.15) is 0 Å². The molecule has 1 atom stereocenters. The van der Waals surface area contributed by atoms with Gasteiger partial charge in [0.25, 0.3) is 0 Å². The number of aliphatic hydroxyl groups excluding tert-OH is 1. The largest absolute Gasteiger partial charge is 0.395 e. The molecule has 0 saturated heterocycles. The standard InChI is InChI=1S/C15H17F2N3O2S/c1-9(7-21)20(2)6-14(22)19-15-18-13(8-23-15)10-3-4-11(16)12(17)5-10/h3-5,8-9,21H,6-7H2,1-2H3,(H,18,19,22). The summed E-state index contributed by atoms with van der Waals surface area (Å²) >= 11 is 1.20. The molecule has 2 rings (SSSR count). The number of aromatic nitrogens is 1. The van der Waals surface area contributed by atoms with Gasteiger partial charge in [0.1, 0.15) is 0 Å². The number of hydrogen-bond acceptors (Lipinski definition) is 5. The molecule has 0 radical (unpaired) electrons. The molecule has 1 aromatic carbocycles. The second-order valence-electron chi connectivity index (χ2n) is 5.16. The van der Waals surface area contributed by atoms with Crippen LogP contribution in [0, 0.1) is 11.6 Å². The molecule has 23 heavy (non-hydrogen) atoms. The number of thiazole rings is 1. The Hall–Kier alpha value is -1.90. The molecule has 5 nitrogen and oxygen atoms in total. The summed E-state index contributed by atoms with van der Waals surface area (Å²) in [6, 6.07) is 3.39. The van der Waals surface area contributed by atoms with Gasteiger partial charge in [-0.1, -0.05) is 0 Å². The Balaban J connectivity index is 2.02.